The number of nitrogens with zero attached hydrogens (tertiary/aromatic N) is 2. The van der Waals surface area contributed by atoms with Crippen LogP contribution in [0.1, 0.15) is 12.8 Å². The highest BCUT2D eigenvalue weighted by Crippen LogP contribution is 2.26. The lowest BCUT2D eigenvalue weighted by molar-refractivity contribution is -0.119. The maximum Gasteiger partial charge on any atom is 0.220 e. The minimum Gasteiger partial charge on any atom is -0.367 e. The molecule has 5 nitrogen and oxygen atoms in total. The summed E-state index contributed by atoms with van der Waals surface area (Å²) in [6, 6.07) is 0.160. The molecule has 1 fully saturated rings. The van der Waals surface area contributed by atoms with Crippen LogP contribution in [0.4, 0.5) is 5.82 Å². The Balaban J connectivity index is 1.94. The first-order valence-corrected chi connectivity index (χ1v) is 6.03. The van der Waals surface area contributed by atoms with Gasteiger partial charge in [0.25, 0.3) is 0 Å². The molecular weight excluding hydrogens is 295 g/mol. The molecule has 16 heavy (non-hydrogen) atoms. The van der Waals surface area contributed by atoms with Gasteiger partial charge in [-0.1, -0.05) is 11.6 Å². The maximum absolute atomic E-state index is 11.0. The minimum atomic E-state index is 0.103. The molecule has 1 unspecified atom stereocenters. The van der Waals surface area contributed by atoms with E-state index in [9.17, 15) is 4.79 Å². The van der Waals surface area contributed by atoms with Gasteiger partial charge >= 0.3 is 0 Å². The molecule has 7 heteroatoms. The molecular formula is C9H10BrClN4O. The third kappa shape index (κ3) is 2.62. The zero-order valence-corrected chi connectivity index (χ0v) is 10.7. The van der Waals surface area contributed by atoms with Gasteiger partial charge in [0.1, 0.15) is 17.3 Å². The smallest absolute Gasteiger partial charge is 0.220 e. The van der Waals surface area contributed by atoms with Gasteiger partial charge in [-0.05, 0) is 22.4 Å². The van der Waals surface area contributed by atoms with Gasteiger partial charge in [0.05, 0.1) is 4.47 Å². The van der Waals surface area contributed by atoms with Crippen LogP contribution in [0.2, 0.25) is 5.15 Å². The second-order valence-electron chi connectivity index (χ2n) is 3.51. The first-order chi connectivity index (χ1) is 7.66. The lowest BCUT2D eigenvalue weighted by Gasteiger charge is -2.12. The monoisotopic (exact) mass is 304 g/mol. The van der Waals surface area contributed by atoms with E-state index >= 15 is 0 Å². The van der Waals surface area contributed by atoms with E-state index in [2.05, 4.69) is 36.5 Å². The molecule has 2 N–H and O–H groups in total. The molecule has 1 aliphatic heterocycles. The van der Waals surface area contributed by atoms with Crippen molar-refractivity contribution < 1.29 is 4.79 Å². The predicted molar refractivity (Wildman–Crippen MR) is 64.4 cm³/mol. The molecule has 1 saturated heterocycles. The number of anilines is 1. The number of nitrogens with one attached hydrogen (secondary N) is 2. The number of hydrogen-bond acceptors (Lipinski definition) is 4. The molecule has 0 aromatic carbocycles. The minimum absolute atomic E-state index is 0.103. The first-order valence-electron chi connectivity index (χ1n) is 4.86. The average Bonchev–Trinajstić information content (AvgIpc) is 2.67. The van der Waals surface area contributed by atoms with Crippen molar-refractivity contribution in [1.82, 2.24) is 15.3 Å². The van der Waals surface area contributed by atoms with Crippen LogP contribution in [0.15, 0.2) is 10.8 Å². The standard InChI is InChI=1S/C9H10BrClN4O/c10-7-8(11)13-4-14-9(7)12-3-5-1-2-6(16)15-5/h4-5H,1-3H2,(H,15,16)(H,12,13,14). The number of carbonyl (C=O) groups excluding carboxylic acids is 1. The van der Waals surface area contributed by atoms with Crippen molar-refractivity contribution in [3.8, 4) is 0 Å². The Labute approximate surface area is 106 Å². The molecule has 2 rings (SSSR count). The average molecular weight is 306 g/mol. The van der Waals surface area contributed by atoms with Crippen LogP contribution >= 0.6 is 27.5 Å². The molecule has 0 radical (unpaired) electrons. The molecule has 0 bridgehead atoms. The zero-order valence-electron chi connectivity index (χ0n) is 8.33. The summed E-state index contributed by atoms with van der Waals surface area (Å²) in [5, 5.41) is 6.35. The van der Waals surface area contributed by atoms with Crippen molar-refractivity contribution >= 4 is 39.3 Å². The lowest BCUT2D eigenvalue weighted by atomic mass is 10.2. The number of aromatic nitrogens is 2. The van der Waals surface area contributed by atoms with Gasteiger partial charge in [-0.15, -0.1) is 0 Å². The number of carbonyl (C=O) groups is 1. The second-order valence-corrected chi connectivity index (χ2v) is 4.66. The summed E-state index contributed by atoms with van der Waals surface area (Å²) >= 11 is 9.12. The number of hydrogen-bond donors (Lipinski definition) is 2. The van der Waals surface area contributed by atoms with E-state index in [1.54, 1.807) is 0 Å². The van der Waals surface area contributed by atoms with Gasteiger partial charge in [-0.25, -0.2) is 9.97 Å². The zero-order chi connectivity index (χ0) is 11.5. The van der Waals surface area contributed by atoms with Crippen LogP contribution in [0, 0.1) is 0 Å². The molecule has 1 aromatic heterocycles. The Kier molecular flexibility index (Phi) is 3.60. The van der Waals surface area contributed by atoms with Crippen LogP contribution in [0.3, 0.4) is 0 Å². The molecule has 0 saturated carbocycles. The fourth-order valence-electron chi connectivity index (χ4n) is 1.52. The third-order valence-electron chi connectivity index (χ3n) is 2.35. The first kappa shape index (κ1) is 11.6. The molecule has 86 valence electrons. The lowest BCUT2D eigenvalue weighted by Crippen LogP contribution is -2.32. The maximum atomic E-state index is 11.0. The molecule has 0 spiro atoms. The van der Waals surface area contributed by atoms with Crippen LogP contribution in [0.25, 0.3) is 0 Å². The highest BCUT2D eigenvalue weighted by atomic mass is 79.9. The molecule has 0 aliphatic carbocycles. The molecule has 1 aliphatic rings. The van der Waals surface area contributed by atoms with Gasteiger partial charge in [0.2, 0.25) is 5.91 Å². The van der Waals surface area contributed by atoms with Crippen LogP contribution in [-0.4, -0.2) is 28.5 Å². The van der Waals surface area contributed by atoms with E-state index in [4.69, 9.17) is 11.6 Å². The highest BCUT2D eigenvalue weighted by Gasteiger charge is 2.20. The van der Waals surface area contributed by atoms with Gasteiger partial charge < -0.3 is 10.6 Å². The molecule has 2 heterocycles. The van der Waals surface area contributed by atoms with E-state index < -0.39 is 0 Å². The summed E-state index contributed by atoms with van der Waals surface area (Å²) in [4.78, 5) is 18.9. The highest BCUT2D eigenvalue weighted by molar-refractivity contribution is 9.10. The fraction of sp³-hybridized carbons (Fsp3) is 0.444. The van der Waals surface area contributed by atoms with Crippen LogP contribution in [-0.2, 0) is 4.79 Å². The van der Waals surface area contributed by atoms with E-state index in [1.165, 1.54) is 6.33 Å². The molecule has 1 atom stereocenters. The van der Waals surface area contributed by atoms with E-state index in [0.717, 1.165) is 6.42 Å². The van der Waals surface area contributed by atoms with Gasteiger partial charge in [0.15, 0.2) is 0 Å². The Bertz CT molecular complexity index is 414. The van der Waals surface area contributed by atoms with Gasteiger partial charge in [0, 0.05) is 19.0 Å². The van der Waals surface area contributed by atoms with Crippen molar-refractivity contribution in [1.29, 1.82) is 0 Å². The Morgan fingerprint density at radius 2 is 2.44 bits per heavy atom. The molecule has 1 amide bonds. The Morgan fingerprint density at radius 1 is 1.62 bits per heavy atom. The fourth-order valence-corrected chi connectivity index (χ4v) is 2.00. The Morgan fingerprint density at radius 3 is 3.12 bits per heavy atom. The third-order valence-corrected chi connectivity index (χ3v) is 3.61. The van der Waals surface area contributed by atoms with Gasteiger partial charge in [-0.3, -0.25) is 4.79 Å². The van der Waals surface area contributed by atoms with E-state index in [-0.39, 0.29) is 11.9 Å². The largest absolute Gasteiger partial charge is 0.367 e. The normalized spacial score (nSPS) is 19.6. The number of halogens is 2. The summed E-state index contributed by atoms with van der Waals surface area (Å²) in [6.07, 6.45) is 2.84. The Hall–Kier alpha value is -0.880. The summed E-state index contributed by atoms with van der Waals surface area (Å²) in [6.45, 7) is 0.637. The summed E-state index contributed by atoms with van der Waals surface area (Å²) in [7, 11) is 0. The SMILES string of the molecule is O=C1CCC(CNc2ncnc(Cl)c2Br)N1. The summed E-state index contributed by atoms with van der Waals surface area (Å²) in [5.74, 6) is 0.743. The van der Waals surface area contributed by atoms with Crippen molar-refractivity contribution in [2.75, 3.05) is 11.9 Å². The van der Waals surface area contributed by atoms with Crippen LogP contribution < -0.4 is 10.6 Å². The van der Waals surface area contributed by atoms with Gasteiger partial charge in [-0.2, -0.15) is 0 Å². The van der Waals surface area contributed by atoms with Crippen molar-refractivity contribution in [2.45, 2.75) is 18.9 Å². The summed E-state index contributed by atoms with van der Waals surface area (Å²) in [5.41, 5.74) is 0. The molecule has 1 aromatic rings. The van der Waals surface area contributed by atoms with E-state index in [0.29, 0.717) is 28.4 Å². The van der Waals surface area contributed by atoms with Crippen molar-refractivity contribution in [3.63, 3.8) is 0 Å². The summed E-state index contributed by atoms with van der Waals surface area (Å²) < 4.78 is 0.640. The number of amides is 1. The second kappa shape index (κ2) is 4.97. The van der Waals surface area contributed by atoms with Crippen LogP contribution in [0.5, 0.6) is 0 Å². The van der Waals surface area contributed by atoms with E-state index in [1.807, 2.05) is 0 Å². The topological polar surface area (TPSA) is 66.9 Å². The van der Waals surface area contributed by atoms with Crippen molar-refractivity contribution in [3.05, 3.63) is 16.0 Å². The van der Waals surface area contributed by atoms with Crippen molar-refractivity contribution in [2.24, 2.45) is 0 Å². The quantitative estimate of drug-likeness (QED) is 0.832. The predicted octanol–water partition coefficient (Wildman–Crippen LogP) is 1.58. The number of rotatable bonds is 3.